The number of H-pyrrole nitrogens is 1. The zero-order valence-corrected chi connectivity index (χ0v) is 16.2. The molecule has 1 aliphatic heterocycles. The second-order valence-corrected chi connectivity index (χ2v) is 5.76. The maximum absolute atomic E-state index is 10.0. The number of hydrogen-bond acceptors (Lipinski definition) is 6. The standard InChI is InChI=1S/C17H21N5O2.2ClH/c1-11(2)24-8-4-7-19-17-21-14(16(23)22-17)9-12-10-20-15-13(12)5-3-6-18-15;;/h3,5-6,9-11,23H,4,7-8H2,1-2H3,(H2,19,21,22);2*1H/b12-9+;;. The van der Waals surface area contributed by atoms with E-state index < -0.39 is 0 Å². The lowest BCUT2D eigenvalue weighted by molar-refractivity contribution is 0.0787. The monoisotopic (exact) mass is 399 g/mol. The Kier molecular flexibility index (Phi) is 8.57. The van der Waals surface area contributed by atoms with Crippen LogP contribution < -0.4 is 5.32 Å². The number of fused-ring (bicyclic) bond motifs is 1. The first-order valence-electron chi connectivity index (χ1n) is 7.99. The van der Waals surface area contributed by atoms with E-state index in [1.54, 1.807) is 12.4 Å². The average Bonchev–Trinajstić information content (AvgIpc) is 3.12. The normalized spacial score (nSPS) is 13.4. The van der Waals surface area contributed by atoms with E-state index >= 15 is 0 Å². The molecule has 0 saturated heterocycles. The van der Waals surface area contributed by atoms with Crippen LogP contribution in [-0.4, -0.2) is 45.5 Å². The van der Waals surface area contributed by atoms with E-state index in [4.69, 9.17) is 4.74 Å². The Morgan fingerprint density at radius 1 is 1.35 bits per heavy atom. The van der Waals surface area contributed by atoms with Crippen LogP contribution in [0.5, 0.6) is 5.88 Å². The van der Waals surface area contributed by atoms with Gasteiger partial charge < -0.3 is 20.1 Å². The summed E-state index contributed by atoms with van der Waals surface area (Å²) in [6, 6.07) is 3.81. The number of anilines is 1. The topological polar surface area (TPSA) is 95.4 Å². The average molecular weight is 400 g/mol. The van der Waals surface area contributed by atoms with Crippen LogP contribution in [0, 0.1) is 0 Å². The number of aliphatic imine (C=N–C) groups is 1. The summed E-state index contributed by atoms with van der Waals surface area (Å²) in [5, 5.41) is 13.1. The number of imidazole rings is 1. The molecule has 0 atom stereocenters. The van der Waals surface area contributed by atoms with E-state index in [0.717, 1.165) is 17.6 Å². The second kappa shape index (κ2) is 10.2. The quantitative estimate of drug-likeness (QED) is 0.614. The van der Waals surface area contributed by atoms with Gasteiger partial charge in [0.15, 0.2) is 5.82 Å². The highest BCUT2D eigenvalue weighted by atomic mass is 35.5. The zero-order chi connectivity index (χ0) is 16.9. The molecule has 3 heterocycles. The Hall–Kier alpha value is -2.09. The Morgan fingerprint density at radius 3 is 2.92 bits per heavy atom. The lowest BCUT2D eigenvalue weighted by Gasteiger charge is -2.07. The van der Waals surface area contributed by atoms with E-state index in [0.29, 0.717) is 30.6 Å². The van der Waals surface area contributed by atoms with Crippen molar-refractivity contribution in [2.24, 2.45) is 4.99 Å². The summed E-state index contributed by atoms with van der Waals surface area (Å²) in [5.74, 6) is 1.17. The number of nitrogens with one attached hydrogen (secondary N) is 2. The van der Waals surface area contributed by atoms with Crippen LogP contribution >= 0.6 is 24.8 Å². The van der Waals surface area contributed by atoms with Gasteiger partial charge in [0.25, 0.3) is 0 Å². The molecule has 9 heteroatoms. The van der Waals surface area contributed by atoms with Crippen LogP contribution in [0.15, 0.2) is 23.3 Å². The summed E-state index contributed by atoms with van der Waals surface area (Å²) in [6.45, 7) is 5.42. The lowest BCUT2D eigenvalue weighted by Crippen LogP contribution is -2.09. The fourth-order valence-electron chi connectivity index (χ4n) is 2.36. The van der Waals surface area contributed by atoms with Gasteiger partial charge >= 0.3 is 0 Å². The Bertz CT molecular complexity index is 774. The number of aromatic amines is 1. The van der Waals surface area contributed by atoms with Crippen LogP contribution in [0.1, 0.15) is 31.5 Å². The molecule has 7 nitrogen and oxygen atoms in total. The third-order valence-electron chi connectivity index (χ3n) is 3.50. The minimum Gasteiger partial charge on any atom is -0.492 e. The number of aromatic hydroxyl groups is 1. The van der Waals surface area contributed by atoms with Crippen LogP contribution in [0.3, 0.4) is 0 Å². The lowest BCUT2D eigenvalue weighted by atomic mass is 10.1. The molecular weight excluding hydrogens is 377 g/mol. The molecule has 2 aromatic heterocycles. The van der Waals surface area contributed by atoms with Gasteiger partial charge in [0.2, 0.25) is 11.8 Å². The van der Waals surface area contributed by atoms with Gasteiger partial charge in [-0.2, -0.15) is 4.98 Å². The SMILES string of the molecule is CC(C)OCCCNc1nc(O)c(/C=C2\C=Nc3ncccc32)[nH]1.Cl.Cl. The molecule has 2 aromatic rings. The molecule has 0 bridgehead atoms. The number of halogens is 2. The van der Waals surface area contributed by atoms with Crippen LogP contribution in [0.25, 0.3) is 11.6 Å². The fourth-order valence-corrected chi connectivity index (χ4v) is 2.36. The number of aromatic nitrogens is 3. The minimum atomic E-state index is -0.0471. The molecule has 142 valence electrons. The number of nitrogens with zero attached hydrogens (tertiary/aromatic N) is 3. The van der Waals surface area contributed by atoms with Gasteiger partial charge in [0, 0.05) is 36.7 Å². The van der Waals surface area contributed by atoms with Gasteiger partial charge in [-0.3, -0.25) is 0 Å². The van der Waals surface area contributed by atoms with Crippen molar-refractivity contribution < 1.29 is 9.84 Å². The van der Waals surface area contributed by atoms with Crippen molar-refractivity contribution in [3.8, 4) is 5.88 Å². The van der Waals surface area contributed by atoms with Crippen molar-refractivity contribution >= 4 is 54.4 Å². The van der Waals surface area contributed by atoms with Gasteiger partial charge in [-0.25, -0.2) is 9.98 Å². The largest absolute Gasteiger partial charge is 0.492 e. The van der Waals surface area contributed by atoms with E-state index in [2.05, 4.69) is 25.3 Å². The molecule has 0 unspecified atom stereocenters. The van der Waals surface area contributed by atoms with Gasteiger partial charge in [-0.05, 0) is 38.5 Å². The minimum absolute atomic E-state index is 0. The van der Waals surface area contributed by atoms with Crippen molar-refractivity contribution in [3.05, 3.63) is 29.6 Å². The summed E-state index contributed by atoms with van der Waals surface area (Å²) in [6.07, 6.45) is 6.35. The Balaban J connectivity index is 0.00000169. The third kappa shape index (κ3) is 5.45. The number of hydrogen-bond donors (Lipinski definition) is 3. The summed E-state index contributed by atoms with van der Waals surface area (Å²) in [7, 11) is 0. The number of ether oxygens (including phenoxy) is 1. The molecule has 0 fully saturated rings. The predicted octanol–water partition coefficient (Wildman–Crippen LogP) is 3.84. The molecule has 0 aromatic carbocycles. The van der Waals surface area contributed by atoms with Gasteiger partial charge in [0.05, 0.1) is 6.10 Å². The zero-order valence-electron chi connectivity index (χ0n) is 14.6. The first-order chi connectivity index (χ1) is 11.6. The van der Waals surface area contributed by atoms with E-state index in [1.165, 1.54) is 0 Å². The summed E-state index contributed by atoms with van der Waals surface area (Å²) in [4.78, 5) is 15.6. The first-order valence-corrected chi connectivity index (χ1v) is 7.99. The van der Waals surface area contributed by atoms with Crippen LogP contribution in [0.2, 0.25) is 0 Å². The molecular formula is C17H23Cl2N5O2. The second-order valence-electron chi connectivity index (χ2n) is 5.76. The molecule has 1 aliphatic rings. The third-order valence-corrected chi connectivity index (χ3v) is 3.50. The molecule has 0 radical (unpaired) electrons. The summed E-state index contributed by atoms with van der Waals surface area (Å²) >= 11 is 0. The molecule has 0 amide bonds. The van der Waals surface area contributed by atoms with Gasteiger partial charge in [-0.15, -0.1) is 24.8 Å². The molecule has 3 rings (SSSR count). The first kappa shape index (κ1) is 22.0. The van der Waals surface area contributed by atoms with Crippen molar-refractivity contribution in [2.75, 3.05) is 18.5 Å². The Morgan fingerprint density at radius 2 is 2.15 bits per heavy atom. The predicted molar refractivity (Wildman–Crippen MR) is 109 cm³/mol. The van der Waals surface area contributed by atoms with Crippen molar-refractivity contribution in [3.63, 3.8) is 0 Å². The summed E-state index contributed by atoms with van der Waals surface area (Å²) in [5.41, 5.74) is 2.36. The van der Waals surface area contributed by atoms with Crippen molar-refractivity contribution in [1.29, 1.82) is 0 Å². The highest BCUT2D eigenvalue weighted by Crippen LogP contribution is 2.31. The molecule has 0 saturated carbocycles. The van der Waals surface area contributed by atoms with Crippen molar-refractivity contribution in [2.45, 2.75) is 26.4 Å². The van der Waals surface area contributed by atoms with Crippen LogP contribution in [0.4, 0.5) is 11.8 Å². The van der Waals surface area contributed by atoms with Crippen LogP contribution in [-0.2, 0) is 4.74 Å². The maximum atomic E-state index is 10.0. The van der Waals surface area contributed by atoms with E-state index in [1.807, 2.05) is 32.1 Å². The van der Waals surface area contributed by atoms with Crippen molar-refractivity contribution in [1.82, 2.24) is 15.0 Å². The maximum Gasteiger partial charge on any atom is 0.238 e. The Labute approximate surface area is 164 Å². The molecule has 0 spiro atoms. The highest BCUT2D eigenvalue weighted by molar-refractivity contribution is 6.20. The number of allylic oxidation sites excluding steroid dienone is 1. The highest BCUT2D eigenvalue weighted by Gasteiger charge is 2.14. The smallest absolute Gasteiger partial charge is 0.238 e. The molecule has 26 heavy (non-hydrogen) atoms. The van der Waals surface area contributed by atoms with Gasteiger partial charge in [-0.1, -0.05) is 0 Å². The van der Waals surface area contributed by atoms with E-state index in [9.17, 15) is 5.11 Å². The van der Waals surface area contributed by atoms with Gasteiger partial charge in [0.1, 0.15) is 5.69 Å². The number of pyridine rings is 1. The molecule has 0 aliphatic carbocycles. The summed E-state index contributed by atoms with van der Waals surface area (Å²) < 4.78 is 5.48. The van der Waals surface area contributed by atoms with E-state index in [-0.39, 0.29) is 36.8 Å². The fraction of sp³-hybridized carbons (Fsp3) is 0.353. The molecule has 3 N–H and O–H groups in total. The number of rotatable bonds is 7.